The quantitative estimate of drug-likeness (QED) is 0.531. The van der Waals surface area contributed by atoms with Crippen LogP contribution in [0.25, 0.3) is 0 Å². The van der Waals surface area contributed by atoms with Crippen molar-refractivity contribution >= 4 is 23.2 Å². The molecule has 9 heteroatoms. The SMILES string of the molecule is CCN(CC)C(=O)[C@@H]1CCCN(c2ccc([N+](=O)[O-])cc2[C@@H]2NC(=O)c3ccccc3O2)C1. The lowest BCUT2D eigenvalue weighted by molar-refractivity contribution is -0.385. The fourth-order valence-corrected chi connectivity index (χ4v) is 4.60. The van der Waals surface area contributed by atoms with Gasteiger partial charge in [-0.15, -0.1) is 0 Å². The number of benzene rings is 2. The lowest BCUT2D eigenvalue weighted by Crippen LogP contribution is -2.45. The van der Waals surface area contributed by atoms with Crippen molar-refractivity contribution in [2.45, 2.75) is 32.9 Å². The Morgan fingerprint density at radius 1 is 1.24 bits per heavy atom. The van der Waals surface area contributed by atoms with E-state index >= 15 is 0 Å². The first-order valence-electron chi connectivity index (χ1n) is 11.3. The number of carbonyl (C=O) groups excluding carboxylic acids is 2. The highest BCUT2D eigenvalue weighted by atomic mass is 16.6. The summed E-state index contributed by atoms with van der Waals surface area (Å²) in [7, 11) is 0. The number of para-hydroxylation sites is 1. The predicted octanol–water partition coefficient (Wildman–Crippen LogP) is 3.50. The second kappa shape index (κ2) is 9.48. The van der Waals surface area contributed by atoms with E-state index in [2.05, 4.69) is 10.2 Å². The summed E-state index contributed by atoms with van der Waals surface area (Å²) in [5.74, 6) is 0.109. The maximum atomic E-state index is 13.0. The molecule has 0 aliphatic carbocycles. The maximum Gasteiger partial charge on any atom is 0.270 e. The van der Waals surface area contributed by atoms with Gasteiger partial charge in [0.15, 0.2) is 0 Å². The molecule has 174 valence electrons. The third-order valence-corrected chi connectivity index (χ3v) is 6.33. The summed E-state index contributed by atoms with van der Waals surface area (Å²) in [4.78, 5) is 40.6. The van der Waals surface area contributed by atoms with Crippen molar-refractivity contribution in [3.8, 4) is 5.75 Å². The van der Waals surface area contributed by atoms with Crippen LogP contribution in [0.4, 0.5) is 11.4 Å². The number of nitro benzene ring substituents is 1. The second-order valence-electron chi connectivity index (χ2n) is 8.26. The van der Waals surface area contributed by atoms with E-state index in [1.807, 2.05) is 18.7 Å². The van der Waals surface area contributed by atoms with Crippen molar-refractivity contribution in [1.29, 1.82) is 0 Å². The number of fused-ring (bicyclic) bond motifs is 1. The molecule has 0 unspecified atom stereocenters. The van der Waals surface area contributed by atoms with Crippen molar-refractivity contribution in [3.05, 3.63) is 63.7 Å². The minimum Gasteiger partial charge on any atom is -0.465 e. The van der Waals surface area contributed by atoms with Crippen LogP contribution in [-0.2, 0) is 4.79 Å². The molecule has 0 saturated carbocycles. The minimum atomic E-state index is -0.874. The Balaban J connectivity index is 1.67. The normalized spacial score (nSPS) is 19.8. The number of nitrogens with zero attached hydrogens (tertiary/aromatic N) is 3. The Morgan fingerprint density at radius 2 is 2.00 bits per heavy atom. The van der Waals surface area contributed by atoms with Crippen LogP contribution in [0.2, 0.25) is 0 Å². The summed E-state index contributed by atoms with van der Waals surface area (Å²) >= 11 is 0. The molecule has 0 aromatic heterocycles. The summed E-state index contributed by atoms with van der Waals surface area (Å²) < 4.78 is 6.05. The summed E-state index contributed by atoms with van der Waals surface area (Å²) in [6.45, 7) is 6.49. The van der Waals surface area contributed by atoms with Crippen molar-refractivity contribution < 1.29 is 19.2 Å². The van der Waals surface area contributed by atoms with E-state index < -0.39 is 11.2 Å². The van der Waals surface area contributed by atoms with Crippen LogP contribution in [0, 0.1) is 16.0 Å². The van der Waals surface area contributed by atoms with Gasteiger partial charge in [0.25, 0.3) is 11.6 Å². The fourth-order valence-electron chi connectivity index (χ4n) is 4.60. The zero-order valence-electron chi connectivity index (χ0n) is 18.8. The number of ether oxygens (including phenoxy) is 1. The van der Waals surface area contributed by atoms with Gasteiger partial charge in [-0.1, -0.05) is 12.1 Å². The number of amides is 2. The number of hydrogen-bond donors (Lipinski definition) is 1. The van der Waals surface area contributed by atoms with Gasteiger partial charge >= 0.3 is 0 Å². The molecule has 0 radical (unpaired) electrons. The monoisotopic (exact) mass is 452 g/mol. The molecular weight excluding hydrogens is 424 g/mol. The van der Waals surface area contributed by atoms with Crippen LogP contribution >= 0.6 is 0 Å². The van der Waals surface area contributed by atoms with E-state index in [0.29, 0.717) is 43.1 Å². The molecule has 2 aliphatic rings. The lowest BCUT2D eigenvalue weighted by Gasteiger charge is -2.38. The fraction of sp³-hybridized carbons (Fsp3) is 0.417. The first kappa shape index (κ1) is 22.6. The number of non-ortho nitro benzene ring substituents is 1. The van der Waals surface area contributed by atoms with E-state index in [4.69, 9.17) is 4.74 Å². The van der Waals surface area contributed by atoms with Crippen molar-refractivity contribution in [3.63, 3.8) is 0 Å². The molecule has 1 saturated heterocycles. The molecule has 0 spiro atoms. The van der Waals surface area contributed by atoms with Crippen LogP contribution < -0.4 is 15.0 Å². The summed E-state index contributed by atoms with van der Waals surface area (Å²) in [5, 5.41) is 14.3. The van der Waals surface area contributed by atoms with Gasteiger partial charge in [0, 0.05) is 49.6 Å². The molecule has 2 aromatic carbocycles. The number of hydrogen-bond acceptors (Lipinski definition) is 6. The Kier molecular flexibility index (Phi) is 6.48. The van der Waals surface area contributed by atoms with Crippen LogP contribution in [0.5, 0.6) is 5.75 Å². The summed E-state index contributed by atoms with van der Waals surface area (Å²) in [6.07, 6.45) is 0.758. The number of nitro groups is 1. The lowest BCUT2D eigenvalue weighted by atomic mass is 9.95. The third kappa shape index (κ3) is 4.48. The van der Waals surface area contributed by atoms with Gasteiger partial charge in [0.1, 0.15) is 5.75 Å². The van der Waals surface area contributed by atoms with Crippen LogP contribution in [0.15, 0.2) is 42.5 Å². The molecule has 9 nitrogen and oxygen atoms in total. The number of rotatable bonds is 6. The van der Waals surface area contributed by atoms with Crippen molar-refractivity contribution in [1.82, 2.24) is 10.2 Å². The molecule has 0 bridgehead atoms. The first-order chi connectivity index (χ1) is 15.9. The molecule has 1 fully saturated rings. The highest BCUT2D eigenvalue weighted by Gasteiger charge is 2.33. The van der Waals surface area contributed by atoms with Gasteiger partial charge in [-0.2, -0.15) is 0 Å². The van der Waals surface area contributed by atoms with Crippen LogP contribution in [0.1, 0.15) is 48.8 Å². The number of carbonyl (C=O) groups is 2. The van der Waals surface area contributed by atoms with E-state index in [1.54, 1.807) is 30.3 Å². The number of piperidine rings is 1. The smallest absolute Gasteiger partial charge is 0.270 e. The average molecular weight is 453 g/mol. The van der Waals surface area contributed by atoms with Gasteiger partial charge in [-0.3, -0.25) is 19.7 Å². The average Bonchev–Trinajstić information content (AvgIpc) is 2.84. The van der Waals surface area contributed by atoms with E-state index in [1.165, 1.54) is 12.1 Å². The van der Waals surface area contributed by atoms with Gasteiger partial charge in [-0.25, -0.2) is 0 Å². The van der Waals surface area contributed by atoms with E-state index in [0.717, 1.165) is 18.5 Å². The van der Waals surface area contributed by atoms with Gasteiger partial charge in [0.05, 0.1) is 16.4 Å². The van der Waals surface area contributed by atoms with Crippen molar-refractivity contribution in [2.75, 3.05) is 31.1 Å². The molecule has 2 aromatic rings. The highest BCUT2D eigenvalue weighted by molar-refractivity contribution is 5.98. The molecule has 2 amide bonds. The van der Waals surface area contributed by atoms with Crippen LogP contribution in [-0.4, -0.2) is 47.8 Å². The standard InChI is InChI=1S/C24H28N4O5/c1-3-26(4-2)24(30)16-8-7-13-27(15-16)20-12-11-17(28(31)32)14-19(20)23-25-22(29)18-9-5-6-10-21(18)33-23/h5-6,9-12,14,16,23H,3-4,7-8,13,15H2,1-2H3,(H,25,29)/t16-,23-/m1/s1. The highest BCUT2D eigenvalue weighted by Crippen LogP contribution is 2.37. The van der Waals surface area contributed by atoms with Gasteiger partial charge in [-0.05, 0) is 44.9 Å². The summed E-state index contributed by atoms with van der Waals surface area (Å²) in [5.41, 5.74) is 1.56. The molecular formula is C24H28N4O5. The van der Waals surface area contributed by atoms with E-state index in [9.17, 15) is 19.7 Å². The van der Waals surface area contributed by atoms with E-state index in [-0.39, 0.29) is 23.4 Å². The first-order valence-corrected chi connectivity index (χ1v) is 11.3. The molecule has 2 atom stereocenters. The third-order valence-electron chi connectivity index (χ3n) is 6.33. The molecule has 4 rings (SSSR count). The summed E-state index contributed by atoms with van der Waals surface area (Å²) in [6, 6.07) is 11.5. The van der Waals surface area contributed by atoms with Crippen molar-refractivity contribution in [2.24, 2.45) is 5.92 Å². The Labute approximate surface area is 192 Å². The Bertz CT molecular complexity index is 1070. The van der Waals surface area contributed by atoms with Crippen LogP contribution in [0.3, 0.4) is 0 Å². The Hall–Kier alpha value is -3.62. The maximum absolute atomic E-state index is 13.0. The molecule has 1 N–H and O–H groups in total. The minimum absolute atomic E-state index is 0.0850. The number of anilines is 1. The van der Waals surface area contributed by atoms with Gasteiger partial charge in [0.2, 0.25) is 12.1 Å². The molecule has 2 heterocycles. The number of nitrogens with one attached hydrogen (secondary N) is 1. The molecule has 33 heavy (non-hydrogen) atoms. The zero-order valence-corrected chi connectivity index (χ0v) is 18.8. The topological polar surface area (TPSA) is 105 Å². The Morgan fingerprint density at radius 3 is 2.73 bits per heavy atom. The zero-order chi connectivity index (χ0) is 23.5. The largest absolute Gasteiger partial charge is 0.465 e. The molecule has 2 aliphatic heterocycles. The van der Waals surface area contributed by atoms with Gasteiger partial charge < -0.3 is 19.9 Å². The predicted molar refractivity (Wildman–Crippen MR) is 123 cm³/mol. The second-order valence-corrected chi connectivity index (χ2v) is 8.26.